The average molecular weight is 316 g/mol. The number of alkyl halides is 2. The highest BCUT2D eigenvalue weighted by molar-refractivity contribution is 7.91. The zero-order valence-electron chi connectivity index (χ0n) is 11.2. The molecule has 0 bridgehead atoms. The summed E-state index contributed by atoms with van der Waals surface area (Å²) in [6.45, 7) is 1.74. The summed E-state index contributed by atoms with van der Waals surface area (Å²) >= 11 is 0. The molecule has 1 aromatic carbocycles. The van der Waals surface area contributed by atoms with Gasteiger partial charge in [0.25, 0.3) is 5.91 Å². The number of hydrogen-bond acceptors (Lipinski definition) is 4. The molecule has 1 amide bonds. The van der Waals surface area contributed by atoms with Gasteiger partial charge in [0.2, 0.25) is 9.84 Å². The fourth-order valence-corrected chi connectivity index (χ4v) is 2.60. The zero-order chi connectivity index (χ0) is 16.0. The molecule has 5 nitrogen and oxygen atoms in total. The highest BCUT2D eigenvalue weighted by atomic mass is 32.2. The number of nitrogens with zero attached hydrogens (tertiary/aromatic N) is 1. The lowest BCUT2D eigenvalue weighted by Gasteiger charge is -2.15. The number of nitriles is 1. The largest absolute Gasteiger partial charge is 0.348 e. The standard InChI is InChI=1S/C13H14F2N2O3S/c1-2-9(7-8-16)17-12(18)10-5-3-4-6-11(10)21(19,20)13(14)15/h3-6,9,13H,2,7H2,1H3,(H,17,18)/t9-/m1/s1. The van der Waals surface area contributed by atoms with Crippen LogP contribution in [-0.4, -0.2) is 26.1 Å². The third kappa shape index (κ3) is 3.98. The van der Waals surface area contributed by atoms with Gasteiger partial charge in [-0.3, -0.25) is 4.79 Å². The molecule has 0 saturated heterocycles. The zero-order valence-corrected chi connectivity index (χ0v) is 12.0. The van der Waals surface area contributed by atoms with Crippen LogP contribution in [0, 0.1) is 11.3 Å². The minimum Gasteiger partial charge on any atom is -0.348 e. The number of nitrogens with one attached hydrogen (secondary N) is 1. The monoisotopic (exact) mass is 316 g/mol. The van der Waals surface area contributed by atoms with Crippen LogP contribution in [0.1, 0.15) is 30.1 Å². The Kier molecular flexibility index (Phi) is 5.79. The van der Waals surface area contributed by atoms with Crippen molar-refractivity contribution >= 4 is 15.7 Å². The number of carbonyl (C=O) groups is 1. The molecule has 0 saturated carbocycles. The van der Waals surface area contributed by atoms with Gasteiger partial charge in [-0.2, -0.15) is 14.0 Å². The molecule has 114 valence electrons. The van der Waals surface area contributed by atoms with Gasteiger partial charge in [-0.15, -0.1) is 0 Å². The second kappa shape index (κ2) is 7.13. The molecule has 21 heavy (non-hydrogen) atoms. The predicted molar refractivity (Wildman–Crippen MR) is 71.4 cm³/mol. The van der Waals surface area contributed by atoms with Crippen molar-refractivity contribution in [1.29, 1.82) is 5.26 Å². The second-order valence-corrected chi connectivity index (χ2v) is 6.13. The molecule has 0 fully saturated rings. The van der Waals surface area contributed by atoms with Gasteiger partial charge in [0.1, 0.15) is 0 Å². The maximum absolute atomic E-state index is 12.6. The molecule has 0 spiro atoms. The molecule has 1 rings (SSSR count). The third-order valence-electron chi connectivity index (χ3n) is 2.84. The first-order chi connectivity index (χ1) is 9.84. The van der Waals surface area contributed by atoms with Crippen LogP contribution in [0.5, 0.6) is 0 Å². The van der Waals surface area contributed by atoms with Crippen LogP contribution in [0.25, 0.3) is 0 Å². The van der Waals surface area contributed by atoms with E-state index in [1.807, 2.05) is 6.07 Å². The number of hydrogen-bond donors (Lipinski definition) is 1. The Hall–Kier alpha value is -2.01. The molecule has 0 aromatic heterocycles. The topological polar surface area (TPSA) is 87.0 Å². The number of benzene rings is 1. The highest BCUT2D eigenvalue weighted by Crippen LogP contribution is 2.22. The summed E-state index contributed by atoms with van der Waals surface area (Å²) in [7, 11) is -4.87. The molecule has 0 heterocycles. The minimum atomic E-state index is -4.87. The first-order valence-corrected chi connectivity index (χ1v) is 7.68. The van der Waals surface area contributed by atoms with Crippen LogP contribution in [0.2, 0.25) is 0 Å². The van der Waals surface area contributed by atoms with Gasteiger partial charge in [0.05, 0.1) is 22.9 Å². The Morgan fingerprint density at radius 3 is 2.52 bits per heavy atom. The van der Waals surface area contributed by atoms with Gasteiger partial charge in [0, 0.05) is 6.04 Å². The Balaban J connectivity index is 3.15. The van der Waals surface area contributed by atoms with E-state index < -0.39 is 32.4 Å². The normalized spacial score (nSPS) is 12.7. The van der Waals surface area contributed by atoms with Crippen LogP contribution in [0.3, 0.4) is 0 Å². The molecule has 0 aliphatic carbocycles. The fourth-order valence-electron chi connectivity index (χ4n) is 1.67. The van der Waals surface area contributed by atoms with E-state index in [0.717, 1.165) is 12.1 Å². The highest BCUT2D eigenvalue weighted by Gasteiger charge is 2.31. The van der Waals surface area contributed by atoms with Crippen LogP contribution in [0.15, 0.2) is 29.2 Å². The summed E-state index contributed by atoms with van der Waals surface area (Å²) in [6.07, 6.45) is 0.509. The first kappa shape index (κ1) is 17.0. The lowest BCUT2D eigenvalue weighted by molar-refractivity contribution is 0.0933. The molecule has 8 heteroatoms. The van der Waals surface area contributed by atoms with Gasteiger partial charge >= 0.3 is 5.76 Å². The molecule has 0 aliphatic rings. The van der Waals surface area contributed by atoms with E-state index in [1.54, 1.807) is 6.92 Å². The van der Waals surface area contributed by atoms with E-state index in [9.17, 15) is 22.0 Å². The summed E-state index contributed by atoms with van der Waals surface area (Å²) in [6, 6.07) is 6.18. The van der Waals surface area contributed by atoms with Gasteiger partial charge in [0.15, 0.2) is 0 Å². The molecule has 1 atom stereocenters. The van der Waals surface area contributed by atoms with Gasteiger partial charge in [-0.25, -0.2) is 8.42 Å². The van der Waals surface area contributed by atoms with Gasteiger partial charge < -0.3 is 5.32 Å². The quantitative estimate of drug-likeness (QED) is 0.870. The van der Waals surface area contributed by atoms with Crippen molar-refractivity contribution in [3.05, 3.63) is 29.8 Å². The van der Waals surface area contributed by atoms with Crippen molar-refractivity contribution < 1.29 is 22.0 Å². The summed E-state index contributed by atoms with van der Waals surface area (Å²) in [4.78, 5) is 11.3. The van der Waals surface area contributed by atoms with Crippen molar-refractivity contribution in [2.75, 3.05) is 0 Å². The molecular weight excluding hydrogens is 302 g/mol. The molecule has 0 radical (unpaired) electrons. The van der Waals surface area contributed by atoms with Crippen molar-refractivity contribution in [3.63, 3.8) is 0 Å². The molecular formula is C13H14F2N2O3S. The average Bonchev–Trinajstić information content (AvgIpc) is 2.46. The van der Waals surface area contributed by atoms with Crippen LogP contribution in [-0.2, 0) is 9.84 Å². The molecule has 0 aliphatic heterocycles. The summed E-state index contributed by atoms with van der Waals surface area (Å²) in [5.74, 6) is -4.40. The SMILES string of the molecule is CC[C@H](CC#N)NC(=O)c1ccccc1S(=O)(=O)C(F)F. The van der Waals surface area contributed by atoms with Crippen molar-refractivity contribution in [1.82, 2.24) is 5.32 Å². The smallest absolute Gasteiger partial charge is 0.341 e. The van der Waals surface area contributed by atoms with Crippen LogP contribution >= 0.6 is 0 Å². The molecule has 1 aromatic rings. The maximum atomic E-state index is 12.6. The number of halogens is 2. The third-order valence-corrected chi connectivity index (χ3v) is 4.28. The van der Waals surface area contributed by atoms with E-state index in [2.05, 4.69) is 5.32 Å². The number of rotatable bonds is 6. The van der Waals surface area contributed by atoms with E-state index in [1.165, 1.54) is 12.1 Å². The van der Waals surface area contributed by atoms with E-state index >= 15 is 0 Å². The van der Waals surface area contributed by atoms with Gasteiger partial charge in [-0.1, -0.05) is 19.1 Å². The van der Waals surface area contributed by atoms with Gasteiger partial charge in [-0.05, 0) is 18.6 Å². The van der Waals surface area contributed by atoms with Crippen molar-refractivity contribution in [2.24, 2.45) is 0 Å². The maximum Gasteiger partial charge on any atom is 0.341 e. The minimum absolute atomic E-state index is 0.0476. The molecule has 1 N–H and O–H groups in total. The van der Waals surface area contributed by atoms with Crippen molar-refractivity contribution in [3.8, 4) is 6.07 Å². The summed E-state index contributed by atoms with van der Waals surface area (Å²) < 4.78 is 48.4. The lowest BCUT2D eigenvalue weighted by atomic mass is 10.1. The van der Waals surface area contributed by atoms with Crippen LogP contribution < -0.4 is 5.32 Å². The van der Waals surface area contributed by atoms with Crippen molar-refractivity contribution in [2.45, 2.75) is 36.5 Å². The fraction of sp³-hybridized carbons (Fsp3) is 0.385. The van der Waals surface area contributed by atoms with E-state index in [-0.39, 0.29) is 12.0 Å². The number of amides is 1. The first-order valence-electron chi connectivity index (χ1n) is 6.13. The Morgan fingerprint density at radius 1 is 1.38 bits per heavy atom. The van der Waals surface area contributed by atoms with E-state index in [4.69, 9.17) is 5.26 Å². The Bertz CT molecular complexity index is 654. The summed E-state index contributed by atoms with van der Waals surface area (Å²) in [5.41, 5.74) is -0.353. The Morgan fingerprint density at radius 2 is 2.00 bits per heavy atom. The summed E-state index contributed by atoms with van der Waals surface area (Å²) in [5, 5.41) is 11.1. The number of sulfone groups is 1. The lowest BCUT2D eigenvalue weighted by Crippen LogP contribution is -2.35. The Labute approximate surface area is 121 Å². The van der Waals surface area contributed by atoms with Crippen LogP contribution in [0.4, 0.5) is 8.78 Å². The predicted octanol–water partition coefficient (Wildman–Crippen LogP) is 2.10. The second-order valence-electron chi connectivity index (χ2n) is 4.24. The number of carbonyl (C=O) groups excluding carboxylic acids is 1. The molecule has 0 unspecified atom stereocenters. The van der Waals surface area contributed by atoms with E-state index in [0.29, 0.717) is 6.42 Å².